The lowest BCUT2D eigenvalue weighted by Gasteiger charge is -2.05. The Kier molecular flexibility index (Phi) is 10.3. The van der Waals surface area contributed by atoms with Crippen LogP contribution in [0.25, 0.3) is 0 Å². The van der Waals surface area contributed by atoms with Gasteiger partial charge in [-0.15, -0.1) is 0 Å². The third-order valence-corrected chi connectivity index (χ3v) is 2.87. The molecule has 108 valence electrons. The quantitative estimate of drug-likeness (QED) is 0.343. The van der Waals surface area contributed by atoms with E-state index in [4.69, 9.17) is 14.5 Å². The number of carbonyl (C=O) groups is 1. The minimum Gasteiger partial charge on any atom is -0.466 e. The van der Waals surface area contributed by atoms with Crippen LogP contribution in [-0.4, -0.2) is 29.0 Å². The molecule has 0 radical (unpaired) electrons. The highest BCUT2D eigenvalue weighted by Gasteiger charge is 2.12. The third-order valence-electron chi connectivity index (χ3n) is 2.35. The molecule has 2 N–H and O–H groups in total. The summed E-state index contributed by atoms with van der Waals surface area (Å²) in [6.07, 6.45) is 5.83. The number of hydrogen-bond donors (Lipinski definition) is 2. The Bertz CT molecular complexity index is 262. The number of hydrogen-bond acceptors (Lipinski definition) is 4. The van der Waals surface area contributed by atoms with E-state index in [1.807, 2.05) is 0 Å². The van der Waals surface area contributed by atoms with Crippen LogP contribution in [-0.2, 0) is 18.6 Å². The lowest BCUT2D eigenvalue weighted by Crippen LogP contribution is -2.03. The minimum absolute atomic E-state index is 0.0956. The molecule has 0 aliphatic rings. The maximum Gasteiger partial charge on any atom is 0.469 e. The molecule has 0 heterocycles. The van der Waals surface area contributed by atoms with Crippen LogP contribution in [0.1, 0.15) is 51.9 Å². The number of esters is 1. The molecule has 0 rings (SSSR count). The lowest BCUT2D eigenvalue weighted by atomic mass is 10.1. The first-order valence-electron chi connectivity index (χ1n) is 6.31. The van der Waals surface area contributed by atoms with Gasteiger partial charge in [-0.1, -0.05) is 32.6 Å². The standard InChI is InChI=1S/C11H23O6P/c1-2-11(12)16-9-7-5-3-4-6-8-10-17-18(13,14)15/h2-10H2,1H3,(H2,13,14,15). The van der Waals surface area contributed by atoms with E-state index in [0.29, 0.717) is 19.4 Å². The van der Waals surface area contributed by atoms with Crippen LogP contribution in [0.4, 0.5) is 0 Å². The van der Waals surface area contributed by atoms with Gasteiger partial charge in [-0.3, -0.25) is 9.32 Å². The zero-order valence-corrected chi connectivity index (χ0v) is 11.7. The van der Waals surface area contributed by atoms with Crippen LogP contribution in [0.3, 0.4) is 0 Å². The van der Waals surface area contributed by atoms with Crippen molar-refractivity contribution in [3.8, 4) is 0 Å². The van der Waals surface area contributed by atoms with Crippen molar-refractivity contribution in [1.29, 1.82) is 0 Å². The fraction of sp³-hybridized carbons (Fsp3) is 0.909. The molecule has 0 unspecified atom stereocenters. The largest absolute Gasteiger partial charge is 0.469 e. The summed E-state index contributed by atoms with van der Waals surface area (Å²) in [6.45, 7) is 2.34. The number of rotatable bonds is 11. The second-order valence-corrected chi connectivity index (χ2v) is 5.26. The first kappa shape index (κ1) is 17.6. The molecule has 0 aliphatic carbocycles. The summed E-state index contributed by atoms with van der Waals surface area (Å²) in [4.78, 5) is 27.7. The Balaban J connectivity index is 3.12. The molecule has 0 aliphatic heterocycles. The molecule has 7 heteroatoms. The maximum absolute atomic E-state index is 10.8. The molecule has 18 heavy (non-hydrogen) atoms. The molecular weight excluding hydrogens is 259 g/mol. The maximum atomic E-state index is 10.8. The number of unbranched alkanes of at least 4 members (excludes halogenated alkanes) is 5. The first-order valence-corrected chi connectivity index (χ1v) is 7.84. The number of phosphoric acid groups is 1. The summed E-state index contributed by atoms with van der Waals surface area (Å²) < 4.78 is 19.6. The fourth-order valence-corrected chi connectivity index (χ4v) is 1.75. The van der Waals surface area contributed by atoms with Gasteiger partial charge in [-0.05, 0) is 12.8 Å². The van der Waals surface area contributed by atoms with E-state index in [1.165, 1.54) is 0 Å². The van der Waals surface area contributed by atoms with Crippen molar-refractivity contribution in [2.75, 3.05) is 13.2 Å². The van der Waals surface area contributed by atoms with Crippen molar-refractivity contribution in [3.05, 3.63) is 0 Å². The van der Waals surface area contributed by atoms with Gasteiger partial charge in [0.2, 0.25) is 0 Å². The molecule has 0 bridgehead atoms. The first-order chi connectivity index (χ1) is 8.45. The van der Waals surface area contributed by atoms with E-state index in [2.05, 4.69) is 4.52 Å². The Hall–Kier alpha value is -0.420. The molecule has 0 amide bonds. The van der Waals surface area contributed by atoms with Gasteiger partial charge in [-0.25, -0.2) is 4.57 Å². The van der Waals surface area contributed by atoms with Gasteiger partial charge >= 0.3 is 13.8 Å². The van der Waals surface area contributed by atoms with Gasteiger partial charge in [-0.2, -0.15) is 0 Å². The number of ether oxygens (including phenoxy) is 1. The smallest absolute Gasteiger partial charge is 0.466 e. The Morgan fingerprint density at radius 3 is 2.00 bits per heavy atom. The molecule has 6 nitrogen and oxygen atoms in total. The van der Waals surface area contributed by atoms with E-state index in [0.717, 1.165) is 32.1 Å². The van der Waals surface area contributed by atoms with E-state index in [1.54, 1.807) is 6.92 Å². The molecule has 0 saturated carbocycles. The van der Waals surface area contributed by atoms with Crippen molar-refractivity contribution in [1.82, 2.24) is 0 Å². The fourth-order valence-electron chi connectivity index (χ4n) is 1.38. The minimum atomic E-state index is -4.30. The predicted octanol–water partition coefficient (Wildman–Crippen LogP) is 2.39. The van der Waals surface area contributed by atoms with E-state index in [9.17, 15) is 9.36 Å². The monoisotopic (exact) mass is 282 g/mol. The summed E-state index contributed by atoms with van der Waals surface area (Å²) in [5.41, 5.74) is 0. The molecule has 0 aromatic heterocycles. The Morgan fingerprint density at radius 2 is 1.50 bits per heavy atom. The van der Waals surface area contributed by atoms with Crippen LogP contribution in [0.2, 0.25) is 0 Å². The summed E-state index contributed by atoms with van der Waals surface area (Å²) in [5.74, 6) is -0.162. The van der Waals surface area contributed by atoms with Crippen LogP contribution in [0, 0.1) is 0 Å². The summed E-state index contributed by atoms with van der Waals surface area (Å²) in [5, 5.41) is 0. The highest BCUT2D eigenvalue weighted by atomic mass is 31.2. The number of carbonyl (C=O) groups excluding carboxylic acids is 1. The van der Waals surface area contributed by atoms with Crippen molar-refractivity contribution in [2.45, 2.75) is 51.9 Å². The van der Waals surface area contributed by atoms with E-state index in [-0.39, 0.29) is 12.6 Å². The third kappa shape index (κ3) is 13.6. The zero-order chi connectivity index (χ0) is 13.9. The van der Waals surface area contributed by atoms with Crippen molar-refractivity contribution < 1.29 is 28.4 Å². The second-order valence-electron chi connectivity index (χ2n) is 4.02. The van der Waals surface area contributed by atoms with Crippen LogP contribution >= 0.6 is 7.82 Å². The van der Waals surface area contributed by atoms with Crippen LogP contribution in [0.5, 0.6) is 0 Å². The Labute approximate surface area is 108 Å². The van der Waals surface area contributed by atoms with Gasteiger partial charge in [0.05, 0.1) is 13.2 Å². The van der Waals surface area contributed by atoms with Gasteiger partial charge < -0.3 is 14.5 Å². The van der Waals surface area contributed by atoms with Crippen LogP contribution < -0.4 is 0 Å². The highest BCUT2D eigenvalue weighted by molar-refractivity contribution is 7.46. The molecule has 0 spiro atoms. The summed E-state index contributed by atoms with van der Waals surface area (Å²) >= 11 is 0. The number of phosphoric ester groups is 1. The normalized spacial score (nSPS) is 11.5. The topological polar surface area (TPSA) is 93.1 Å². The molecule has 0 aromatic rings. The average Bonchev–Trinajstić information content (AvgIpc) is 2.29. The van der Waals surface area contributed by atoms with Crippen molar-refractivity contribution in [2.24, 2.45) is 0 Å². The Morgan fingerprint density at radius 1 is 1.00 bits per heavy atom. The van der Waals surface area contributed by atoms with Gasteiger partial charge in [0, 0.05) is 6.42 Å². The highest BCUT2D eigenvalue weighted by Crippen LogP contribution is 2.35. The van der Waals surface area contributed by atoms with Crippen molar-refractivity contribution in [3.63, 3.8) is 0 Å². The van der Waals surface area contributed by atoms with E-state index < -0.39 is 7.82 Å². The van der Waals surface area contributed by atoms with E-state index >= 15 is 0 Å². The van der Waals surface area contributed by atoms with Gasteiger partial charge in [0.1, 0.15) is 0 Å². The van der Waals surface area contributed by atoms with Crippen LogP contribution in [0.15, 0.2) is 0 Å². The second kappa shape index (κ2) is 10.5. The summed E-state index contributed by atoms with van der Waals surface area (Å²) in [7, 11) is -4.30. The molecule has 0 fully saturated rings. The molecule has 0 aromatic carbocycles. The molecule has 0 saturated heterocycles. The predicted molar refractivity (Wildman–Crippen MR) is 66.9 cm³/mol. The summed E-state index contributed by atoms with van der Waals surface area (Å²) in [6, 6.07) is 0. The van der Waals surface area contributed by atoms with Gasteiger partial charge in [0.15, 0.2) is 0 Å². The zero-order valence-electron chi connectivity index (χ0n) is 10.8. The van der Waals surface area contributed by atoms with Gasteiger partial charge in [0.25, 0.3) is 0 Å². The average molecular weight is 282 g/mol. The molecule has 0 atom stereocenters. The lowest BCUT2D eigenvalue weighted by molar-refractivity contribution is -0.143. The SMILES string of the molecule is CCC(=O)OCCCCCCCCOP(=O)(O)O. The molecular formula is C11H23O6P. The van der Waals surface area contributed by atoms with Crippen molar-refractivity contribution >= 4 is 13.8 Å².